The van der Waals surface area contributed by atoms with Crippen LogP contribution in [0.15, 0.2) is 4.99 Å². The zero-order chi connectivity index (χ0) is 29.4. The minimum Gasteiger partial charge on any atom is -0.481 e. The summed E-state index contributed by atoms with van der Waals surface area (Å²) in [4.78, 5) is 99.1. The van der Waals surface area contributed by atoms with E-state index >= 15 is 0 Å². The maximum atomic E-state index is 12.6. The molecule has 17 nitrogen and oxygen atoms in total. The Morgan fingerprint density at radius 1 is 0.872 bits per heavy atom. The molecule has 0 aromatic heterocycles. The van der Waals surface area contributed by atoms with Gasteiger partial charge < -0.3 is 43.2 Å². The summed E-state index contributed by atoms with van der Waals surface area (Å²) in [6.07, 6.45) is -0.161. The molecule has 1 aliphatic rings. The van der Waals surface area contributed by atoms with Gasteiger partial charge in [-0.3, -0.25) is 38.4 Å². The molecule has 0 radical (unpaired) electrons. The number of nitrogens with zero attached hydrogens (tertiary/aromatic N) is 1. The van der Waals surface area contributed by atoms with Gasteiger partial charge in [0.25, 0.3) is 11.8 Å². The Balaban J connectivity index is 2.95. The third-order valence-electron chi connectivity index (χ3n) is 5.30. The summed E-state index contributed by atoms with van der Waals surface area (Å²) in [5, 5.41) is 20.4. The van der Waals surface area contributed by atoms with E-state index in [-0.39, 0.29) is 32.2 Å². The molecule has 10 N–H and O–H groups in total. The lowest BCUT2D eigenvalue weighted by atomic mass is 10.1. The maximum Gasteiger partial charge on any atom is 0.303 e. The number of aliphatic carboxylic acids is 1. The van der Waals surface area contributed by atoms with Gasteiger partial charge in [0.1, 0.15) is 11.8 Å². The summed E-state index contributed by atoms with van der Waals surface area (Å²) in [6, 6.07) is -2.29. The van der Waals surface area contributed by atoms with E-state index in [4.69, 9.17) is 16.6 Å². The highest BCUT2D eigenvalue weighted by Gasteiger charge is 2.21. The zero-order valence-corrected chi connectivity index (χ0v) is 21.2. The highest BCUT2D eigenvalue weighted by Crippen LogP contribution is 2.03. The van der Waals surface area contributed by atoms with E-state index in [1.165, 1.54) is 0 Å². The highest BCUT2D eigenvalue weighted by atomic mass is 16.4. The lowest BCUT2D eigenvalue weighted by Gasteiger charge is -2.16. The molecule has 0 bridgehead atoms. The summed E-state index contributed by atoms with van der Waals surface area (Å²) in [7, 11) is 0. The predicted octanol–water partition coefficient (Wildman–Crippen LogP) is -4.45. The molecule has 7 amide bonds. The van der Waals surface area contributed by atoms with Gasteiger partial charge in [-0.05, 0) is 25.7 Å². The molecule has 2 unspecified atom stereocenters. The number of hydrogen-bond donors (Lipinski definition) is 8. The maximum absolute atomic E-state index is 12.6. The summed E-state index contributed by atoms with van der Waals surface area (Å²) in [5.41, 5.74) is 10.6. The normalized spacial score (nSPS) is 21.2. The van der Waals surface area contributed by atoms with Crippen LogP contribution in [0, 0.1) is 0 Å². The Morgan fingerprint density at radius 2 is 1.49 bits per heavy atom. The fourth-order valence-corrected chi connectivity index (χ4v) is 3.14. The van der Waals surface area contributed by atoms with Crippen LogP contribution in [0.3, 0.4) is 0 Å². The second-order valence-electron chi connectivity index (χ2n) is 8.54. The number of carbonyl (C=O) groups excluding carboxylic acids is 7. The molecule has 0 aliphatic carbocycles. The van der Waals surface area contributed by atoms with Crippen LogP contribution < -0.4 is 38.1 Å². The summed E-state index contributed by atoms with van der Waals surface area (Å²) in [5.74, 6) is -6.53. The quantitative estimate of drug-likeness (QED) is 0.161. The van der Waals surface area contributed by atoms with Crippen molar-refractivity contribution in [3.63, 3.8) is 0 Å². The monoisotopic (exact) mass is 554 g/mol. The van der Waals surface area contributed by atoms with Gasteiger partial charge >= 0.3 is 5.97 Å². The number of nitrogens with two attached hydrogens (primary N) is 2. The molecule has 0 aromatic carbocycles. The molecule has 1 saturated heterocycles. The van der Waals surface area contributed by atoms with Gasteiger partial charge in [-0.1, -0.05) is 0 Å². The molecule has 39 heavy (non-hydrogen) atoms. The largest absolute Gasteiger partial charge is 0.481 e. The first-order valence-corrected chi connectivity index (χ1v) is 12.1. The Labute approximate surface area is 223 Å². The molecule has 0 saturated carbocycles. The van der Waals surface area contributed by atoms with Crippen LogP contribution in [0.1, 0.15) is 44.9 Å². The van der Waals surface area contributed by atoms with Gasteiger partial charge in [-0.2, -0.15) is 0 Å². The van der Waals surface area contributed by atoms with Crippen molar-refractivity contribution in [2.75, 3.05) is 26.2 Å². The third kappa shape index (κ3) is 14.2. The van der Waals surface area contributed by atoms with Crippen molar-refractivity contribution in [2.24, 2.45) is 16.5 Å². The van der Waals surface area contributed by atoms with E-state index in [0.29, 0.717) is 12.8 Å². The number of rotatable bonds is 5. The van der Waals surface area contributed by atoms with Crippen LogP contribution in [0.2, 0.25) is 0 Å². The summed E-state index contributed by atoms with van der Waals surface area (Å²) < 4.78 is 0. The summed E-state index contributed by atoms with van der Waals surface area (Å²) in [6.45, 7) is -1.42. The second kappa shape index (κ2) is 17.2. The first-order chi connectivity index (χ1) is 18.4. The highest BCUT2D eigenvalue weighted by molar-refractivity contribution is 6.41. The van der Waals surface area contributed by atoms with Gasteiger partial charge in [-0.15, -0.1) is 0 Å². The number of primary amides is 1. The molecular weight excluding hydrogens is 520 g/mol. The number of hydrogen-bond acceptors (Lipinski definition) is 9. The van der Waals surface area contributed by atoms with Crippen LogP contribution >= 0.6 is 0 Å². The fraction of sp³-hybridized carbons (Fsp3) is 0.591. The van der Waals surface area contributed by atoms with Crippen molar-refractivity contribution in [3.8, 4) is 0 Å². The van der Waals surface area contributed by atoms with Crippen LogP contribution in [0.25, 0.3) is 0 Å². The fourth-order valence-electron chi connectivity index (χ4n) is 3.14. The van der Waals surface area contributed by atoms with Crippen molar-refractivity contribution in [1.82, 2.24) is 26.6 Å². The average Bonchev–Trinajstić information content (AvgIpc) is 2.88. The van der Waals surface area contributed by atoms with Crippen LogP contribution in [0.4, 0.5) is 0 Å². The molecule has 0 aromatic rings. The van der Waals surface area contributed by atoms with Crippen LogP contribution in [-0.2, 0) is 38.4 Å². The van der Waals surface area contributed by atoms with Crippen molar-refractivity contribution >= 4 is 53.0 Å². The van der Waals surface area contributed by atoms with Gasteiger partial charge in [-0.25, -0.2) is 4.99 Å². The number of carboxylic acids is 1. The molecule has 216 valence electrons. The number of aliphatic imine (C=N–C) groups is 1. The Hall–Kier alpha value is -4.41. The van der Waals surface area contributed by atoms with Crippen molar-refractivity contribution in [3.05, 3.63) is 0 Å². The lowest BCUT2D eigenvalue weighted by Crippen LogP contribution is -2.49. The molecule has 1 aliphatic heterocycles. The SMILES string of the molecule is NC(=O)C1CCCCNC(=O)CCC(=NC(=O)C(N)CCC(=O)O)C(=O)NCC(=O)NCC(=O)NCC(=O)N1. The van der Waals surface area contributed by atoms with Crippen LogP contribution in [-0.4, -0.2) is 96.4 Å². The number of amides is 7. The lowest BCUT2D eigenvalue weighted by molar-refractivity contribution is -0.137. The molecule has 1 rings (SSSR count). The van der Waals surface area contributed by atoms with E-state index in [0.717, 1.165) is 0 Å². The first-order valence-electron chi connectivity index (χ1n) is 12.1. The van der Waals surface area contributed by atoms with Gasteiger partial charge in [0, 0.05) is 25.8 Å². The van der Waals surface area contributed by atoms with E-state index in [1.807, 2.05) is 0 Å². The predicted molar refractivity (Wildman–Crippen MR) is 134 cm³/mol. The Morgan fingerprint density at radius 3 is 2.10 bits per heavy atom. The van der Waals surface area contributed by atoms with E-state index < -0.39 is 91.2 Å². The van der Waals surface area contributed by atoms with Crippen molar-refractivity contribution < 1.29 is 43.5 Å². The minimum atomic E-state index is -1.30. The molecule has 2 atom stereocenters. The molecule has 17 heteroatoms. The Kier molecular flexibility index (Phi) is 14.4. The molecular formula is C22H34N8O9. The second-order valence-corrected chi connectivity index (χ2v) is 8.54. The topological polar surface area (TPSA) is 281 Å². The summed E-state index contributed by atoms with van der Waals surface area (Å²) >= 11 is 0. The molecule has 1 fully saturated rings. The number of carboxylic acid groups (broad SMARTS) is 1. The van der Waals surface area contributed by atoms with Crippen molar-refractivity contribution in [2.45, 2.75) is 57.0 Å². The zero-order valence-electron chi connectivity index (χ0n) is 21.2. The Bertz CT molecular complexity index is 998. The van der Waals surface area contributed by atoms with E-state index in [2.05, 4.69) is 31.6 Å². The van der Waals surface area contributed by atoms with E-state index in [1.54, 1.807) is 0 Å². The third-order valence-corrected chi connectivity index (χ3v) is 5.30. The molecule has 0 spiro atoms. The van der Waals surface area contributed by atoms with Crippen LogP contribution in [0.5, 0.6) is 0 Å². The minimum absolute atomic E-state index is 0.183. The average molecular weight is 555 g/mol. The standard InChI is InChI=1S/C22H34N8O9/c23-12(4-7-19(35)36)21(38)30-14-5-6-15(31)25-8-2-1-3-13(20(24)37)29-18(34)11-27-16(32)9-26-17(33)10-28-22(14)39/h12-13H,1-11,23H2,(H2,24,37)(H,25,31)(H,26,33)(H,27,32)(H,28,39)(H,29,34)(H,35,36). The number of nitrogens with one attached hydrogen (secondary N) is 5. The molecule has 1 heterocycles. The van der Waals surface area contributed by atoms with Gasteiger partial charge in [0.05, 0.1) is 25.7 Å². The smallest absolute Gasteiger partial charge is 0.303 e. The number of carbonyl (C=O) groups is 8. The van der Waals surface area contributed by atoms with Gasteiger partial charge in [0.2, 0.25) is 29.5 Å². The van der Waals surface area contributed by atoms with E-state index in [9.17, 15) is 38.4 Å². The van der Waals surface area contributed by atoms with Crippen molar-refractivity contribution in [1.29, 1.82) is 0 Å². The van der Waals surface area contributed by atoms with Gasteiger partial charge in [0.15, 0.2) is 0 Å². The first kappa shape index (κ1) is 32.6.